The minimum Gasteiger partial charge on any atom is -0.343 e. The predicted molar refractivity (Wildman–Crippen MR) is 132 cm³/mol. The number of carbonyl (C=O) groups excluding carboxylic acids is 1. The van der Waals surface area contributed by atoms with E-state index in [0.29, 0.717) is 39.0 Å². The minimum absolute atomic E-state index is 0.0769. The van der Waals surface area contributed by atoms with Crippen LogP contribution in [0.5, 0.6) is 0 Å². The van der Waals surface area contributed by atoms with Crippen LogP contribution >= 0.6 is 0 Å². The van der Waals surface area contributed by atoms with Crippen LogP contribution in [0.2, 0.25) is 0 Å². The Balaban J connectivity index is 1.32. The van der Waals surface area contributed by atoms with Crippen molar-refractivity contribution < 1.29 is 13.2 Å². The lowest BCUT2D eigenvalue weighted by Gasteiger charge is -2.32. The van der Waals surface area contributed by atoms with E-state index in [9.17, 15) is 18.0 Å². The number of para-hydroxylation sites is 2. The predicted octanol–water partition coefficient (Wildman–Crippen LogP) is 3.16. The molecule has 1 aliphatic heterocycles. The van der Waals surface area contributed by atoms with Crippen molar-refractivity contribution in [1.29, 1.82) is 0 Å². The average Bonchev–Trinajstić information content (AvgIpc) is 3.19. The third-order valence-electron chi connectivity index (χ3n) is 6.70. The van der Waals surface area contributed by atoms with Crippen LogP contribution < -0.4 is 5.69 Å². The fourth-order valence-corrected chi connectivity index (χ4v) is 6.22. The van der Waals surface area contributed by atoms with E-state index in [4.69, 9.17) is 0 Å². The van der Waals surface area contributed by atoms with E-state index in [1.807, 2.05) is 47.6 Å². The maximum Gasteiger partial charge on any atom is 0.326 e. The number of carbonyl (C=O) groups is 1. The summed E-state index contributed by atoms with van der Waals surface area (Å²) in [6, 6.07) is 14.6. The summed E-state index contributed by atoms with van der Waals surface area (Å²) in [5, 5.41) is 0. The Morgan fingerprint density at radius 3 is 2.32 bits per heavy atom. The lowest BCUT2D eigenvalue weighted by molar-refractivity contribution is -0.132. The molecule has 1 saturated heterocycles. The number of hydrogen-bond acceptors (Lipinski definition) is 4. The van der Waals surface area contributed by atoms with E-state index in [1.54, 1.807) is 24.3 Å². The van der Waals surface area contributed by atoms with E-state index in [1.165, 1.54) is 4.31 Å². The Labute approximate surface area is 200 Å². The van der Waals surface area contributed by atoms with Crippen LogP contribution in [0, 0.1) is 0 Å². The van der Waals surface area contributed by atoms with Crippen molar-refractivity contribution >= 4 is 27.0 Å². The zero-order chi connectivity index (χ0) is 24.3. The van der Waals surface area contributed by atoms with Gasteiger partial charge in [0.15, 0.2) is 0 Å². The number of rotatable bonds is 8. The molecule has 1 N–H and O–H groups in total. The van der Waals surface area contributed by atoms with Crippen molar-refractivity contribution in [2.75, 3.05) is 26.2 Å². The van der Waals surface area contributed by atoms with Crippen LogP contribution in [0.15, 0.2) is 58.2 Å². The molecule has 9 heteroatoms. The third-order valence-corrected chi connectivity index (χ3v) is 8.76. The number of fused-ring (bicyclic) bond motifs is 1. The van der Waals surface area contributed by atoms with Gasteiger partial charge in [0.05, 0.1) is 15.9 Å². The minimum atomic E-state index is -3.48. The molecule has 2 heterocycles. The van der Waals surface area contributed by atoms with Gasteiger partial charge < -0.3 is 9.88 Å². The van der Waals surface area contributed by atoms with Crippen molar-refractivity contribution in [2.45, 2.75) is 50.5 Å². The first kappa shape index (κ1) is 24.2. The molecule has 1 aromatic heterocycles. The number of imidazole rings is 1. The molecule has 4 rings (SSSR count). The normalized spacial score (nSPS) is 15.3. The smallest absolute Gasteiger partial charge is 0.326 e. The Morgan fingerprint density at radius 1 is 1.03 bits per heavy atom. The third kappa shape index (κ3) is 4.81. The second-order valence-corrected chi connectivity index (χ2v) is 10.6. The molecule has 0 radical (unpaired) electrons. The molecule has 1 fully saturated rings. The number of likely N-dealkylation sites (tertiary alicyclic amines) is 1. The Kier molecular flexibility index (Phi) is 7.23. The van der Waals surface area contributed by atoms with Crippen molar-refractivity contribution in [3.63, 3.8) is 0 Å². The average molecular weight is 485 g/mol. The summed E-state index contributed by atoms with van der Waals surface area (Å²) in [6.45, 7) is 5.75. The van der Waals surface area contributed by atoms with Crippen molar-refractivity contribution in [3.8, 4) is 0 Å². The highest BCUT2D eigenvalue weighted by molar-refractivity contribution is 7.89. The maximum atomic E-state index is 12.8. The molecule has 8 nitrogen and oxygen atoms in total. The molecule has 0 spiro atoms. The van der Waals surface area contributed by atoms with Gasteiger partial charge in [-0.1, -0.05) is 38.1 Å². The molecule has 34 heavy (non-hydrogen) atoms. The van der Waals surface area contributed by atoms with Crippen LogP contribution in [-0.2, 0) is 21.2 Å². The fourth-order valence-electron chi connectivity index (χ4n) is 4.76. The summed E-state index contributed by atoms with van der Waals surface area (Å²) < 4.78 is 28.5. The zero-order valence-electron chi connectivity index (χ0n) is 19.7. The van der Waals surface area contributed by atoms with Gasteiger partial charge in [-0.3, -0.25) is 9.36 Å². The molecule has 0 aliphatic carbocycles. The van der Waals surface area contributed by atoms with Crippen LogP contribution in [0.4, 0.5) is 0 Å². The van der Waals surface area contributed by atoms with Gasteiger partial charge in [-0.05, 0) is 49.1 Å². The van der Waals surface area contributed by atoms with E-state index in [-0.39, 0.29) is 22.5 Å². The monoisotopic (exact) mass is 484 g/mol. The number of aromatic amines is 1. The quantitative estimate of drug-likeness (QED) is 0.531. The highest BCUT2D eigenvalue weighted by atomic mass is 32.2. The van der Waals surface area contributed by atoms with E-state index in [0.717, 1.165) is 29.4 Å². The first-order chi connectivity index (χ1) is 16.3. The fraction of sp³-hybridized carbons (Fsp3) is 0.440. The summed E-state index contributed by atoms with van der Waals surface area (Å²) >= 11 is 0. The Bertz CT molecular complexity index is 1300. The van der Waals surface area contributed by atoms with Gasteiger partial charge in [0.1, 0.15) is 0 Å². The summed E-state index contributed by atoms with van der Waals surface area (Å²) in [6.07, 6.45) is 2.42. The number of benzene rings is 2. The highest BCUT2D eigenvalue weighted by Gasteiger charge is 2.26. The number of amides is 1. The van der Waals surface area contributed by atoms with Crippen molar-refractivity contribution in [2.24, 2.45) is 0 Å². The molecule has 1 aliphatic rings. The summed E-state index contributed by atoms with van der Waals surface area (Å²) in [4.78, 5) is 30.3. The van der Waals surface area contributed by atoms with Gasteiger partial charge >= 0.3 is 5.69 Å². The molecular formula is C25H32N4O4S. The molecule has 0 saturated carbocycles. The number of nitrogens with one attached hydrogen (secondary N) is 1. The molecule has 0 unspecified atom stereocenters. The lowest BCUT2D eigenvalue weighted by Crippen LogP contribution is -2.40. The summed E-state index contributed by atoms with van der Waals surface area (Å²) in [7, 11) is -3.48. The van der Waals surface area contributed by atoms with Gasteiger partial charge in [0.25, 0.3) is 0 Å². The largest absolute Gasteiger partial charge is 0.343 e. The number of hydrogen-bond donors (Lipinski definition) is 1. The van der Waals surface area contributed by atoms with Crippen LogP contribution in [0.1, 0.15) is 44.7 Å². The van der Waals surface area contributed by atoms with Gasteiger partial charge in [-0.15, -0.1) is 0 Å². The lowest BCUT2D eigenvalue weighted by atomic mass is 10.0. The van der Waals surface area contributed by atoms with Gasteiger partial charge in [-0.2, -0.15) is 4.31 Å². The number of sulfonamides is 1. The van der Waals surface area contributed by atoms with Crippen LogP contribution in [0.25, 0.3) is 11.0 Å². The molecule has 2 aromatic carbocycles. The van der Waals surface area contributed by atoms with Crippen LogP contribution in [0.3, 0.4) is 0 Å². The molecular weight excluding hydrogens is 452 g/mol. The molecule has 1 amide bonds. The second-order valence-electron chi connectivity index (χ2n) is 8.66. The maximum absolute atomic E-state index is 12.8. The van der Waals surface area contributed by atoms with Gasteiger partial charge in [0.2, 0.25) is 15.9 Å². The van der Waals surface area contributed by atoms with E-state index >= 15 is 0 Å². The first-order valence-corrected chi connectivity index (χ1v) is 13.3. The van der Waals surface area contributed by atoms with E-state index in [2.05, 4.69) is 4.98 Å². The van der Waals surface area contributed by atoms with Crippen molar-refractivity contribution in [3.05, 3.63) is 64.6 Å². The Hall–Kier alpha value is -2.91. The highest BCUT2D eigenvalue weighted by Crippen LogP contribution is 2.25. The zero-order valence-corrected chi connectivity index (χ0v) is 20.6. The topological polar surface area (TPSA) is 95.5 Å². The number of aromatic nitrogens is 2. The molecule has 0 atom stereocenters. The number of piperidine rings is 1. The molecule has 3 aromatic rings. The first-order valence-electron chi connectivity index (χ1n) is 11.9. The van der Waals surface area contributed by atoms with Crippen LogP contribution in [-0.4, -0.2) is 59.3 Å². The van der Waals surface area contributed by atoms with Crippen molar-refractivity contribution in [1.82, 2.24) is 18.8 Å². The molecule has 182 valence electrons. The van der Waals surface area contributed by atoms with Gasteiger partial charge in [0, 0.05) is 38.6 Å². The summed E-state index contributed by atoms with van der Waals surface area (Å²) in [5.41, 5.74) is 2.58. The Morgan fingerprint density at radius 2 is 1.68 bits per heavy atom. The number of aryl methyl sites for hydroxylation is 1. The standard InChI is InChI=1S/C25H32N4O4S/c1-3-28(4-2)34(32,33)21-12-9-19(10-13-21)11-14-24(30)27-17-15-20(16-18-27)29-23-8-6-5-7-22(23)26-25(29)31/h5-10,12-13,20H,3-4,11,14-18H2,1-2H3,(H,26,31). The summed E-state index contributed by atoms with van der Waals surface area (Å²) in [5.74, 6) is 0.0876. The van der Waals surface area contributed by atoms with Gasteiger partial charge in [-0.25, -0.2) is 13.2 Å². The SMILES string of the molecule is CCN(CC)S(=O)(=O)c1ccc(CCC(=O)N2CCC(n3c(=O)[nH]c4ccccc43)CC2)cc1. The van der Waals surface area contributed by atoms with E-state index < -0.39 is 10.0 Å². The molecule has 0 bridgehead atoms. The second kappa shape index (κ2) is 10.1. The number of nitrogens with zero attached hydrogens (tertiary/aromatic N) is 3. The number of H-pyrrole nitrogens is 1.